The van der Waals surface area contributed by atoms with Crippen LogP contribution in [-0.4, -0.2) is 17.0 Å². The first-order chi connectivity index (χ1) is 7.25. The summed E-state index contributed by atoms with van der Waals surface area (Å²) in [5.41, 5.74) is 7.60. The highest BCUT2D eigenvalue weighted by atomic mass is 127. The third-order valence-electron chi connectivity index (χ3n) is 2.83. The van der Waals surface area contributed by atoms with Gasteiger partial charge in [-0.3, -0.25) is 0 Å². The van der Waals surface area contributed by atoms with E-state index in [-0.39, 0.29) is 0 Å². The number of hydrogen-bond acceptors (Lipinski definition) is 2. The van der Waals surface area contributed by atoms with Crippen molar-refractivity contribution in [2.24, 2.45) is 5.73 Å². The standard InChI is InChI=1S/C12H16INS/c13-10-5-3-9(4-6-10)8-11(14)12-2-1-7-15-12/h3-6,11-12H,1-2,7-8,14H2. The molecule has 1 aliphatic rings. The maximum Gasteiger partial charge on any atom is 0.0202 e. The molecule has 1 saturated heterocycles. The van der Waals surface area contributed by atoms with Gasteiger partial charge in [-0.05, 0) is 65.3 Å². The van der Waals surface area contributed by atoms with Crippen LogP contribution in [0.5, 0.6) is 0 Å². The molecule has 1 fully saturated rings. The van der Waals surface area contributed by atoms with Crippen molar-refractivity contribution in [2.45, 2.75) is 30.6 Å². The lowest BCUT2D eigenvalue weighted by molar-refractivity contribution is 0.609. The lowest BCUT2D eigenvalue weighted by atomic mass is 10.0. The molecule has 1 heterocycles. The van der Waals surface area contributed by atoms with Crippen LogP contribution in [0.15, 0.2) is 24.3 Å². The molecular weight excluding hydrogens is 317 g/mol. The Hall–Kier alpha value is 0.260. The summed E-state index contributed by atoms with van der Waals surface area (Å²) in [5, 5.41) is 0.685. The normalized spacial score (nSPS) is 22.9. The average molecular weight is 333 g/mol. The van der Waals surface area contributed by atoms with Crippen molar-refractivity contribution in [3.8, 4) is 0 Å². The van der Waals surface area contributed by atoms with Gasteiger partial charge in [-0.25, -0.2) is 0 Å². The highest BCUT2D eigenvalue weighted by Crippen LogP contribution is 2.29. The molecule has 0 saturated carbocycles. The summed E-state index contributed by atoms with van der Waals surface area (Å²) in [6.45, 7) is 0. The van der Waals surface area contributed by atoms with Gasteiger partial charge >= 0.3 is 0 Å². The lowest BCUT2D eigenvalue weighted by Crippen LogP contribution is -2.33. The van der Waals surface area contributed by atoms with Crippen LogP contribution in [0.1, 0.15) is 18.4 Å². The van der Waals surface area contributed by atoms with E-state index in [0.717, 1.165) is 6.42 Å². The van der Waals surface area contributed by atoms with Gasteiger partial charge in [-0.15, -0.1) is 0 Å². The molecule has 2 rings (SSSR count). The summed E-state index contributed by atoms with van der Waals surface area (Å²) in [7, 11) is 0. The van der Waals surface area contributed by atoms with Gasteiger partial charge in [0.2, 0.25) is 0 Å². The fraction of sp³-hybridized carbons (Fsp3) is 0.500. The zero-order valence-corrected chi connectivity index (χ0v) is 11.6. The summed E-state index contributed by atoms with van der Waals surface area (Å²) in [5.74, 6) is 1.30. The average Bonchev–Trinajstić information content (AvgIpc) is 2.74. The lowest BCUT2D eigenvalue weighted by Gasteiger charge is -2.18. The van der Waals surface area contributed by atoms with E-state index in [4.69, 9.17) is 5.73 Å². The second kappa shape index (κ2) is 5.55. The summed E-state index contributed by atoms with van der Waals surface area (Å²) in [6.07, 6.45) is 3.67. The summed E-state index contributed by atoms with van der Waals surface area (Å²) in [4.78, 5) is 0. The molecule has 1 aliphatic heterocycles. The molecule has 1 aromatic rings. The van der Waals surface area contributed by atoms with Crippen molar-refractivity contribution in [1.29, 1.82) is 0 Å². The molecule has 2 unspecified atom stereocenters. The van der Waals surface area contributed by atoms with Crippen molar-refractivity contribution in [2.75, 3.05) is 5.75 Å². The Kier molecular flexibility index (Phi) is 4.34. The highest BCUT2D eigenvalue weighted by Gasteiger charge is 2.22. The van der Waals surface area contributed by atoms with E-state index in [9.17, 15) is 0 Å². The molecule has 0 aromatic heterocycles. The van der Waals surface area contributed by atoms with Crippen LogP contribution in [0, 0.1) is 3.57 Å². The number of hydrogen-bond donors (Lipinski definition) is 1. The molecule has 3 heteroatoms. The molecule has 0 amide bonds. The molecule has 1 aromatic carbocycles. The number of halogens is 1. The third-order valence-corrected chi connectivity index (χ3v) is 5.08. The Labute approximate surface area is 109 Å². The van der Waals surface area contributed by atoms with Crippen LogP contribution in [0.2, 0.25) is 0 Å². The first kappa shape index (κ1) is 11.7. The highest BCUT2D eigenvalue weighted by molar-refractivity contribution is 14.1. The number of rotatable bonds is 3. The molecule has 82 valence electrons. The van der Waals surface area contributed by atoms with Gasteiger partial charge in [0, 0.05) is 14.9 Å². The van der Waals surface area contributed by atoms with Gasteiger partial charge in [-0.2, -0.15) is 11.8 Å². The maximum absolute atomic E-state index is 6.23. The van der Waals surface area contributed by atoms with Crippen LogP contribution in [0.25, 0.3) is 0 Å². The summed E-state index contributed by atoms with van der Waals surface area (Å²) >= 11 is 4.38. The second-order valence-corrected chi connectivity index (χ2v) is 6.64. The largest absolute Gasteiger partial charge is 0.326 e. The molecule has 1 nitrogen and oxygen atoms in total. The van der Waals surface area contributed by atoms with E-state index in [1.807, 2.05) is 11.8 Å². The van der Waals surface area contributed by atoms with Crippen LogP contribution in [0.4, 0.5) is 0 Å². The maximum atomic E-state index is 6.23. The quantitative estimate of drug-likeness (QED) is 0.861. The van der Waals surface area contributed by atoms with Crippen molar-refractivity contribution < 1.29 is 0 Å². The van der Waals surface area contributed by atoms with E-state index in [1.54, 1.807) is 0 Å². The molecule has 2 atom stereocenters. The minimum absolute atomic E-state index is 0.331. The van der Waals surface area contributed by atoms with Gasteiger partial charge in [0.1, 0.15) is 0 Å². The number of nitrogens with two attached hydrogens (primary N) is 1. The Bertz CT molecular complexity index is 306. The van der Waals surface area contributed by atoms with E-state index in [0.29, 0.717) is 11.3 Å². The van der Waals surface area contributed by atoms with Gasteiger partial charge in [-0.1, -0.05) is 12.1 Å². The Morgan fingerprint density at radius 1 is 1.40 bits per heavy atom. The van der Waals surface area contributed by atoms with Crippen LogP contribution in [0.3, 0.4) is 0 Å². The van der Waals surface area contributed by atoms with Crippen molar-refractivity contribution in [3.63, 3.8) is 0 Å². The summed E-state index contributed by atoms with van der Waals surface area (Å²) in [6, 6.07) is 9.04. The smallest absolute Gasteiger partial charge is 0.0202 e. The molecule has 0 radical (unpaired) electrons. The molecule has 15 heavy (non-hydrogen) atoms. The molecule has 0 spiro atoms. The van der Waals surface area contributed by atoms with Gasteiger partial charge in [0.25, 0.3) is 0 Å². The number of thioether (sulfide) groups is 1. The second-order valence-electron chi connectivity index (χ2n) is 4.05. The Balaban J connectivity index is 1.92. The van der Waals surface area contributed by atoms with E-state index in [1.165, 1.54) is 27.7 Å². The minimum Gasteiger partial charge on any atom is -0.326 e. The van der Waals surface area contributed by atoms with Crippen LogP contribution < -0.4 is 5.73 Å². The predicted octanol–water partition coefficient (Wildman–Crippen LogP) is 3.06. The molecule has 2 N–H and O–H groups in total. The Morgan fingerprint density at radius 2 is 2.13 bits per heavy atom. The first-order valence-electron chi connectivity index (χ1n) is 5.37. The van der Waals surface area contributed by atoms with E-state index < -0.39 is 0 Å². The predicted molar refractivity (Wildman–Crippen MR) is 76.3 cm³/mol. The zero-order valence-electron chi connectivity index (χ0n) is 8.66. The van der Waals surface area contributed by atoms with E-state index in [2.05, 4.69) is 46.9 Å². The van der Waals surface area contributed by atoms with Crippen LogP contribution >= 0.6 is 34.4 Å². The van der Waals surface area contributed by atoms with Crippen molar-refractivity contribution >= 4 is 34.4 Å². The van der Waals surface area contributed by atoms with E-state index >= 15 is 0 Å². The zero-order chi connectivity index (χ0) is 10.7. The Morgan fingerprint density at radius 3 is 2.73 bits per heavy atom. The fourth-order valence-electron chi connectivity index (χ4n) is 1.96. The monoisotopic (exact) mass is 333 g/mol. The molecule has 0 aliphatic carbocycles. The van der Waals surface area contributed by atoms with Crippen molar-refractivity contribution in [1.82, 2.24) is 0 Å². The first-order valence-corrected chi connectivity index (χ1v) is 7.50. The van der Waals surface area contributed by atoms with Gasteiger partial charge < -0.3 is 5.73 Å². The van der Waals surface area contributed by atoms with Gasteiger partial charge in [0.05, 0.1) is 0 Å². The summed E-state index contributed by atoms with van der Waals surface area (Å²) < 4.78 is 1.29. The third kappa shape index (κ3) is 3.36. The minimum atomic E-state index is 0.331. The molecule has 0 bridgehead atoms. The van der Waals surface area contributed by atoms with Crippen molar-refractivity contribution in [3.05, 3.63) is 33.4 Å². The topological polar surface area (TPSA) is 26.0 Å². The molecular formula is C12H16INS. The fourth-order valence-corrected chi connectivity index (χ4v) is 3.64. The van der Waals surface area contributed by atoms with Crippen LogP contribution in [-0.2, 0) is 6.42 Å². The van der Waals surface area contributed by atoms with Gasteiger partial charge in [0.15, 0.2) is 0 Å². The number of benzene rings is 1. The SMILES string of the molecule is NC(Cc1ccc(I)cc1)C1CCCS1.